The zero-order valence-electron chi connectivity index (χ0n) is 8.21. The molecule has 2 aliphatic rings. The molecule has 14 heavy (non-hydrogen) atoms. The lowest BCUT2D eigenvalue weighted by Gasteiger charge is -2.49. The lowest BCUT2D eigenvalue weighted by Crippen LogP contribution is -2.62. The fourth-order valence-corrected chi connectivity index (χ4v) is 2.82. The molecule has 0 aromatic heterocycles. The van der Waals surface area contributed by atoms with Crippen molar-refractivity contribution >= 4 is 5.91 Å². The zero-order chi connectivity index (χ0) is 10.4. The molecule has 76 valence electrons. The number of aliphatic hydroxyl groups is 1. The van der Waals surface area contributed by atoms with E-state index in [4.69, 9.17) is 5.26 Å². The van der Waals surface area contributed by atoms with Gasteiger partial charge in [-0.05, 0) is 24.7 Å². The highest BCUT2D eigenvalue weighted by Crippen LogP contribution is 2.48. The molecule has 0 unspecified atom stereocenters. The van der Waals surface area contributed by atoms with Gasteiger partial charge in [0.15, 0.2) is 0 Å². The molecule has 4 nitrogen and oxygen atoms in total. The van der Waals surface area contributed by atoms with Crippen molar-refractivity contribution in [1.82, 2.24) is 5.32 Å². The number of piperidine rings is 1. The van der Waals surface area contributed by atoms with Crippen molar-refractivity contribution in [2.24, 2.45) is 11.3 Å². The molecule has 0 spiro atoms. The molecule has 1 amide bonds. The summed E-state index contributed by atoms with van der Waals surface area (Å²) in [4.78, 5) is 11.6. The minimum Gasteiger partial charge on any atom is -0.371 e. The fourth-order valence-electron chi connectivity index (χ4n) is 2.82. The Hall–Kier alpha value is -1.08. The first-order valence-electron chi connectivity index (χ1n) is 4.93. The molecule has 1 saturated heterocycles. The molecule has 2 N–H and O–H groups in total. The number of rotatable bonds is 0. The van der Waals surface area contributed by atoms with Crippen LogP contribution in [-0.4, -0.2) is 16.7 Å². The van der Waals surface area contributed by atoms with Crippen LogP contribution >= 0.6 is 0 Å². The quantitative estimate of drug-likeness (QED) is 0.590. The summed E-state index contributed by atoms with van der Waals surface area (Å²) in [6.45, 7) is 1.92. The van der Waals surface area contributed by atoms with Crippen LogP contribution in [0.1, 0.15) is 32.6 Å². The van der Waals surface area contributed by atoms with Gasteiger partial charge in [0, 0.05) is 6.42 Å². The minimum atomic E-state index is -1.06. The van der Waals surface area contributed by atoms with E-state index >= 15 is 0 Å². The first-order valence-corrected chi connectivity index (χ1v) is 4.93. The van der Waals surface area contributed by atoms with Crippen LogP contribution < -0.4 is 5.32 Å². The Labute approximate surface area is 82.9 Å². The van der Waals surface area contributed by atoms with Crippen LogP contribution in [0.25, 0.3) is 0 Å². The number of carbonyl (C=O) groups excluding carboxylic acids is 1. The number of fused-ring (bicyclic) bond motifs is 2. The summed E-state index contributed by atoms with van der Waals surface area (Å²) in [5.41, 5.74) is -1.40. The van der Waals surface area contributed by atoms with E-state index in [-0.39, 0.29) is 11.3 Å². The van der Waals surface area contributed by atoms with E-state index in [0.29, 0.717) is 12.8 Å². The van der Waals surface area contributed by atoms with Gasteiger partial charge in [-0.2, -0.15) is 5.26 Å². The van der Waals surface area contributed by atoms with Crippen molar-refractivity contribution in [3.8, 4) is 6.07 Å². The highest BCUT2D eigenvalue weighted by Gasteiger charge is 2.53. The van der Waals surface area contributed by atoms with Gasteiger partial charge in [0.2, 0.25) is 5.91 Å². The van der Waals surface area contributed by atoms with Crippen LogP contribution in [0.3, 0.4) is 0 Å². The minimum absolute atomic E-state index is 0.316. The van der Waals surface area contributed by atoms with Gasteiger partial charge < -0.3 is 10.4 Å². The first kappa shape index (κ1) is 9.47. The molecule has 1 aliphatic heterocycles. The van der Waals surface area contributed by atoms with Crippen molar-refractivity contribution in [3.05, 3.63) is 0 Å². The average Bonchev–Trinajstić information content (AvgIpc) is 2.00. The average molecular weight is 194 g/mol. The largest absolute Gasteiger partial charge is 0.371 e. The first-order chi connectivity index (χ1) is 6.49. The third kappa shape index (κ3) is 1.20. The Balaban J connectivity index is 2.36. The summed E-state index contributed by atoms with van der Waals surface area (Å²) >= 11 is 0. The molecule has 2 bridgehead atoms. The summed E-state index contributed by atoms with van der Waals surface area (Å²) in [5, 5.41) is 21.5. The summed E-state index contributed by atoms with van der Waals surface area (Å²) in [7, 11) is 0. The van der Waals surface area contributed by atoms with E-state index in [1.165, 1.54) is 0 Å². The maximum absolute atomic E-state index is 11.6. The third-order valence-corrected chi connectivity index (χ3v) is 3.48. The van der Waals surface area contributed by atoms with E-state index in [1.807, 2.05) is 13.0 Å². The van der Waals surface area contributed by atoms with Crippen LogP contribution in [0, 0.1) is 22.7 Å². The smallest absolute Gasteiger partial charge is 0.240 e. The number of carbonyl (C=O) groups is 1. The Morgan fingerprint density at radius 1 is 1.64 bits per heavy atom. The summed E-state index contributed by atoms with van der Waals surface area (Å²) in [5.74, 6) is -0.925. The van der Waals surface area contributed by atoms with E-state index in [0.717, 1.165) is 12.8 Å². The molecule has 1 aliphatic carbocycles. The van der Waals surface area contributed by atoms with Crippen molar-refractivity contribution in [3.63, 3.8) is 0 Å². The molecule has 2 rings (SSSR count). The van der Waals surface area contributed by atoms with Crippen LogP contribution in [0.5, 0.6) is 0 Å². The molecule has 4 heteroatoms. The Morgan fingerprint density at radius 2 is 2.36 bits per heavy atom. The highest BCUT2D eigenvalue weighted by molar-refractivity contribution is 5.83. The summed E-state index contributed by atoms with van der Waals surface area (Å²) in [6.07, 6.45) is 2.82. The second-order valence-corrected chi connectivity index (χ2v) is 4.77. The van der Waals surface area contributed by atoms with Gasteiger partial charge in [0.25, 0.3) is 0 Å². The number of hydrogen-bond donors (Lipinski definition) is 2. The van der Waals surface area contributed by atoms with E-state index in [2.05, 4.69) is 5.32 Å². The Bertz CT molecular complexity index is 323. The number of nitrogens with zero attached hydrogens (tertiary/aromatic N) is 1. The van der Waals surface area contributed by atoms with E-state index in [9.17, 15) is 9.90 Å². The number of nitriles is 1. The lowest BCUT2D eigenvalue weighted by atomic mass is 9.62. The lowest BCUT2D eigenvalue weighted by molar-refractivity contribution is -0.157. The van der Waals surface area contributed by atoms with Crippen LogP contribution in [0.4, 0.5) is 0 Å². The fraction of sp³-hybridized carbons (Fsp3) is 0.800. The highest BCUT2D eigenvalue weighted by atomic mass is 16.3. The number of hydrogen-bond acceptors (Lipinski definition) is 3. The second-order valence-electron chi connectivity index (χ2n) is 4.77. The van der Waals surface area contributed by atoms with Crippen LogP contribution in [0.15, 0.2) is 0 Å². The van der Waals surface area contributed by atoms with Crippen LogP contribution in [-0.2, 0) is 4.79 Å². The molecule has 1 heterocycles. The predicted molar refractivity (Wildman–Crippen MR) is 48.8 cm³/mol. The van der Waals surface area contributed by atoms with Crippen molar-refractivity contribution in [2.75, 3.05) is 0 Å². The van der Waals surface area contributed by atoms with Gasteiger partial charge in [-0.1, -0.05) is 6.92 Å². The van der Waals surface area contributed by atoms with Gasteiger partial charge >= 0.3 is 0 Å². The molecular formula is C10H14N2O2. The monoisotopic (exact) mass is 194 g/mol. The SMILES string of the molecule is C[C@@]12CCC[C@@](O)(C1)NC(=O)[C@@H]2C#N. The van der Waals surface area contributed by atoms with Gasteiger partial charge in [-0.15, -0.1) is 0 Å². The molecule has 3 atom stereocenters. The van der Waals surface area contributed by atoms with E-state index < -0.39 is 11.6 Å². The maximum atomic E-state index is 11.6. The van der Waals surface area contributed by atoms with Gasteiger partial charge in [0.05, 0.1) is 6.07 Å². The molecule has 0 radical (unpaired) electrons. The van der Waals surface area contributed by atoms with Crippen molar-refractivity contribution in [1.29, 1.82) is 5.26 Å². The van der Waals surface area contributed by atoms with E-state index in [1.54, 1.807) is 0 Å². The van der Waals surface area contributed by atoms with Crippen LogP contribution in [0.2, 0.25) is 0 Å². The third-order valence-electron chi connectivity index (χ3n) is 3.48. The number of nitrogens with one attached hydrogen (secondary N) is 1. The van der Waals surface area contributed by atoms with Crippen molar-refractivity contribution < 1.29 is 9.90 Å². The molecule has 0 aromatic carbocycles. The predicted octanol–water partition coefficient (Wildman–Crippen LogP) is 0.525. The van der Waals surface area contributed by atoms with Gasteiger partial charge in [-0.25, -0.2) is 0 Å². The van der Waals surface area contributed by atoms with Gasteiger partial charge in [-0.3, -0.25) is 4.79 Å². The zero-order valence-corrected chi connectivity index (χ0v) is 8.21. The molecule has 1 saturated carbocycles. The maximum Gasteiger partial charge on any atom is 0.240 e. The standard InChI is InChI=1S/C10H14N2O2/c1-9-3-2-4-10(14,6-9)12-8(13)7(9)5-11/h7,14H,2-4,6H2,1H3,(H,12,13)/t7-,9+,10+/m0/s1. The number of amides is 1. The van der Waals surface area contributed by atoms with Crippen molar-refractivity contribution in [2.45, 2.75) is 38.3 Å². The Morgan fingerprint density at radius 3 is 3.00 bits per heavy atom. The second kappa shape index (κ2) is 2.71. The summed E-state index contributed by atoms with van der Waals surface area (Å²) < 4.78 is 0. The summed E-state index contributed by atoms with van der Waals surface area (Å²) in [6, 6.07) is 2.04. The normalized spacial score (nSPS) is 46.6. The molecule has 0 aromatic rings. The topological polar surface area (TPSA) is 73.1 Å². The van der Waals surface area contributed by atoms with Gasteiger partial charge in [0.1, 0.15) is 11.6 Å². The molecular weight excluding hydrogens is 180 g/mol. The molecule has 2 fully saturated rings. The Kier molecular flexibility index (Phi) is 1.83.